The van der Waals surface area contributed by atoms with Gasteiger partial charge < -0.3 is 5.32 Å². The lowest BCUT2D eigenvalue weighted by molar-refractivity contribution is -0.137. The highest BCUT2D eigenvalue weighted by Gasteiger charge is 2.31. The number of aromatic nitrogens is 1. The highest BCUT2D eigenvalue weighted by atomic mass is 19.4. The number of rotatable bonds is 2. The smallest absolute Gasteiger partial charge is 0.367 e. The maximum atomic E-state index is 12.4. The van der Waals surface area contributed by atoms with Crippen molar-refractivity contribution in [2.45, 2.75) is 45.3 Å². The second-order valence-corrected chi connectivity index (χ2v) is 5.45. The fraction of sp³-hybridized carbons (Fsp3) is 0.643. The van der Waals surface area contributed by atoms with Crippen molar-refractivity contribution in [1.29, 1.82) is 0 Å². The molecule has 3 atom stereocenters. The molecular formula is C14H19F3N2. The number of anilines is 1. The highest BCUT2D eigenvalue weighted by molar-refractivity contribution is 5.37. The summed E-state index contributed by atoms with van der Waals surface area (Å²) in [7, 11) is 0. The Kier molecular flexibility index (Phi) is 4.02. The summed E-state index contributed by atoms with van der Waals surface area (Å²) < 4.78 is 37.3. The number of alkyl halides is 3. The molecule has 106 valence electrons. The van der Waals surface area contributed by atoms with Crippen molar-refractivity contribution in [2.75, 3.05) is 5.32 Å². The summed E-state index contributed by atoms with van der Waals surface area (Å²) in [5.74, 6) is 1.68. The zero-order valence-electron chi connectivity index (χ0n) is 11.2. The van der Waals surface area contributed by atoms with Gasteiger partial charge in [0, 0.05) is 12.2 Å². The van der Waals surface area contributed by atoms with Gasteiger partial charge in [0.25, 0.3) is 0 Å². The van der Waals surface area contributed by atoms with Crippen LogP contribution in [-0.2, 0) is 6.18 Å². The van der Waals surface area contributed by atoms with E-state index < -0.39 is 11.7 Å². The van der Waals surface area contributed by atoms with Gasteiger partial charge in [0.1, 0.15) is 5.82 Å². The molecule has 3 unspecified atom stereocenters. The summed E-state index contributed by atoms with van der Waals surface area (Å²) in [6.45, 7) is 4.41. The van der Waals surface area contributed by atoms with E-state index in [1.807, 2.05) is 0 Å². The summed E-state index contributed by atoms with van der Waals surface area (Å²) in [6.07, 6.45) is -0.00473. The van der Waals surface area contributed by atoms with Crippen LogP contribution in [0.2, 0.25) is 0 Å². The van der Waals surface area contributed by atoms with Crippen LogP contribution in [0.5, 0.6) is 0 Å². The Morgan fingerprint density at radius 1 is 1.21 bits per heavy atom. The molecule has 0 aromatic carbocycles. The molecule has 1 aromatic heterocycles. The molecule has 1 heterocycles. The van der Waals surface area contributed by atoms with Gasteiger partial charge in [-0.1, -0.05) is 26.7 Å². The molecule has 0 bridgehead atoms. The first-order valence-corrected chi connectivity index (χ1v) is 6.67. The number of halogens is 3. The molecule has 1 N–H and O–H groups in total. The van der Waals surface area contributed by atoms with Crippen molar-refractivity contribution < 1.29 is 13.2 Å². The first-order valence-electron chi connectivity index (χ1n) is 6.67. The minimum absolute atomic E-state index is 0.299. The SMILES string of the molecule is CC1CCCC(Nc2ccc(C(F)(F)F)cn2)C1C. The number of nitrogens with one attached hydrogen (secondary N) is 1. The molecule has 0 radical (unpaired) electrons. The predicted molar refractivity (Wildman–Crippen MR) is 68.8 cm³/mol. The first-order chi connectivity index (χ1) is 8.88. The Labute approximate surface area is 111 Å². The quantitative estimate of drug-likeness (QED) is 0.866. The molecule has 2 nitrogen and oxygen atoms in total. The Morgan fingerprint density at radius 2 is 1.95 bits per heavy atom. The lowest BCUT2D eigenvalue weighted by Gasteiger charge is -2.34. The van der Waals surface area contributed by atoms with E-state index in [1.54, 1.807) is 0 Å². The normalized spacial score (nSPS) is 28.2. The van der Waals surface area contributed by atoms with Crippen molar-refractivity contribution in [1.82, 2.24) is 4.98 Å². The van der Waals surface area contributed by atoms with Crippen LogP contribution < -0.4 is 5.32 Å². The molecule has 0 amide bonds. The van der Waals surface area contributed by atoms with Gasteiger partial charge in [-0.25, -0.2) is 4.98 Å². The average Bonchev–Trinajstić information content (AvgIpc) is 2.35. The summed E-state index contributed by atoms with van der Waals surface area (Å²) >= 11 is 0. The van der Waals surface area contributed by atoms with Crippen molar-refractivity contribution in [3.8, 4) is 0 Å². The van der Waals surface area contributed by atoms with Crippen molar-refractivity contribution in [3.05, 3.63) is 23.9 Å². The summed E-state index contributed by atoms with van der Waals surface area (Å²) in [4.78, 5) is 3.87. The second-order valence-electron chi connectivity index (χ2n) is 5.45. The maximum absolute atomic E-state index is 12.4. The molecule has 0 aliphatic heterocycles. The molecule has 1 aromatic rings. The van der Waals surface area contributed by atoms with Crippen LogP contribution >= 0.6 is 0 Å². The summed E-state index contributed by atoms with van der Waals surface area (Å²) in [6, 6.07) is 2.79. The van der Waals surface area contributed by atoms with E-state index in [2.05, 4.69) is 24.1 Å². The summed E-state index contributed by atoms with van der Waals surface area (Å²) in [5, 5.41) is 3.26. The Bertz CT molecular complexity index is 414. The van der Waals surface area contributed by atoms with Crippen molar-refractivity contribution >= 4 is 5.82 Å². The molecule has 19 heavy (non-hydrogen) atoms. The third-order valence-electron chi connectivity index (χ3n) is 4.13. The second kappa shape index (κ2) is 5.39. The zero-order valence-corrected chi connectivity index (χ0v) is 11.2. The standard InChI is InChI=1S/C14H19F3N2/c1-9-4-3-5-12(10(9)2)19-13-7-6-11(8-18-13)14(15,16)17/h6-10,12H,3-5H2,1-2H3,(H,18,19). The molecule has 1 saturated carbocycles. The van der Waals surface area contributed by atoms with Gasteiger partial charge >= 0.3 is 6.18 Å². The Morgan fingerprint density at radius 3 is 2.53 bits per heavy atom. The molecule has 0 saturated heterocycles. The third-order valence-corrected chi connectivity index (χ3v) is 4.13. The number of pyridine rings is 1. The van der Waals surface area contributed by atoms with Gasteiger partial charge in [-0.15, -0.1) is 0 Å². The van der Waals surface area contributed by atoms with Gasteiger partial charge in [-0.3, -0.25) is 0 Å². The van der Waals surface area contributed by atoms with Crippen LogP contribution in [0, 0.1) is 11.8 Å². The summed E-state index contributed by atoms with van der Waals surface area (Å²) in [5.41, 5.74) is -0.705. The predicted octanol–water partition coefficient (Wildman–Crippen LogP) is 4.34. The monoisotopic (exact) mass is 272 g/mol. The number of nitrogens with zero attached hydrogens (tertiary/aromatic N) is 1. The molecule has 1 fully saturated rings. The zero-order chi connectivity index (χ0) is 14.0. The van der Waals surface area contributed by atoms with E-state index >= 15 is 0 Å². The molecule has 0 spiro atoms. The molecular weight excluding hydrogens is 253 g/mol. The molecule has 2 rings (SSSR count). The van der Waals surface area contributed by atoms with E-state index in [1.165, 1.54) is 12.5 Å². The van der Waals surface area contributed by atoms with Crippen LogP contribution in [0.3, 0.4) is 0 Å². The van der Waals surface area contributed by atoms with E-state index in [0.717, 1.165) is 25.1 Å². The topological polar surface area (TPSA) is 24.9 Å². The number of hydrogen-bond donors (Lipinski definition) is 1. The molecule has 1 aliphatic rings. The fourth-order valence-corrected chi connectivity index (χ4v) is 2.62. The van der Waals surface area contributed by atoms with E-state index in [0.29, 0.717) is 23.7 Å². The van der Waals surface area contributed by atoms with E-state index in [9.17, 15) is 13.2 Å². The van der Waals surface area contributed by atoms with Gasteiger partial charge in [-0.05, 0) is 30.4 Å². The number of hydrogen-bond acceptors (Lipinski definition) is 2. The minimum Gasteiger partial charge on any atom is -0.367 e. The molecule has 5 heteroatoms. The largest absolute Gasteiger partial charge is 0.417 e. The van der Waals surface area contributed by atoms with Crippen LogP contribution in [-0.4, -0.2) is 11.0 Å². The van der Waals surface area contributed by atoms with E-state index in [-0.39, 0.29) is 0 Å². The molecule has 1 aliphatic carbocycles. The van der Waals surface area contributed by atoms with E-state index in [4.69, 9.17) is 0 Å². The Hall–Kier alpha value is -1.26. The van der Waals surface area contributed by atoms with Crippen LogP contribution in [0.15, 0.2) is 18.3 Å². The average molecular weight is 272 g/mol. The van der Waals surface area contributed by atoms with Crippen molar-refractivity contribution in [3.63, 3.8) is 0 Å². The van der Waals surface area contributed by atoms with Crippen LogP contribution in [0.25, 0.3) is 0 Å². The van der Waals surface area contributed by atoms with Crippen molar-refractivity contribution in [2.24, 2.45) is 11.8 Å². The lowest BCUT2D eigenvalue weighted by Crippen LogP contribution is -2.35. The van der Waals surface area contributed by atoms with Gasteiger partial charge in [0.2, 0.25) is 0 Å². The minimum atomic E-state index is -4.32. The van der Waals surface area contributed by atoms with Gasteiger partial charge in [-0.2, -0.15) is 13.2 Å². The fourth-order valence-electron chi connectivity index (χ4n) is 2.62. The van der Waals surface area contributed by atoms with Crippen LogP contribution in [0.4, 0.5) is 19.0 Å². The Balaban J connectivity index is 2.03. The first kappa shape index (κ1) is 14.2. The third kappa shape index (κ3) is 3.39. The lowest BCUT2D eigenvalue weighted by atomic mass is 9.78. The van der Waals surface area contributed by atoms with Gasteiger partial charge in [0.15, 0.2) is 0 Å². The maximum Gasteiger partial charge on any atom is 0.417 e. The highest BCUT2D eigenvalue weighted by Crippen LogP contribution is 2.32. The van der Waals surface area contributed by atoms with Gasteiger partial charge in [0.05, 0.1) is 5.56 Å². The van der Waals surface area contributed by atoms with Crippen LogP contribution in [0.1, 0.15) is 38.7 Å².